The van der Waals surface area contributed by atoms with Crippen LogP contribution in [0.15, 0.2) is 48.5 Å². The first-order valence-corrected chi connectivity index (χ1v) is 5.91. The molecule has 2 aromatic carbocycles. The molecule has 0 atom stereocenters. The van der Waals surface area contributed by atoms with E-state index in [4.69, 9.17) is 4.74 Å². The van der Waals surface area contributed by atoms with Crippen LogP contribution in [0.5, 0.6) is 0 Å². The molecule has 0 aromatic heterocycles. The maximum absolute atomic E-state index is 12.1. The van der Waals surface area contributed by atoms with Crippen LogP contribution < -0.4 is 5.32 Å². The third-order valence-electron chi connectivity index (χ3n) is 3.00. The highest BCUT2D eigenvalue weighted by molar-refractivity contribution is 6.09. The SMILES string of the molecule is O=C(Nc1cccc2c1C(=O)OC2)c1ccccc1. The van der Waals surface area contributed by atoms with E-state index in [0.717, 1.165) is 5.56 Å². The van der Waals surface area contributed by atoms with Crippen LogP contribution in [0.3, 0.4) is 0 Å². The van der Waals surface area contributed by atoms with Crippen molar-refractivity contribution in [2.75, 3.05) is 5.32 Å². The standard InChI is InChI=1S/C15H11NO3/c17-14(10-5-2-1-3-6-10)16-12-8-4-7-11-9-19-15(18)13(11)12/h1-8H,9H2,(H,16,17). The summed E-state index contributed by atoms with van der Waals surface area (Å²) in [5.41, 5.74) is 2.29. The third-order valence-corrected chi connectivity index (χ3v) is 3.00. The maximum Gasteiger partial charge on any atom is 0.341 e. The quantitative estimate of drug-likeness (QED) is 0.837. The number of carbonyl (C=O) groups excluding carboxylic acids is 2. The summed E-state index contributed by atoms with van der Waals surface area (Å²) >= 11 is 0. The first-order valence-electron chi connectivity index (χ1n) is 5.91. The Hall–Kier alpha value is -2.62. The van der Waals surface area contributed by atoms with Gasteiger partial charge in [-0.3, -0.25) is 4.79 Å². The van der Waals surface area contributed by atoms with Crippen molar-refractivity contribution in [1.82, 2.24) is 0 Å². The first-order chi connectivity index (χ1) is 9.25. The number of esters is 1. The van der Waals surface area contributed by atoms with E-state index < -0.39 is 0 Å². The number of rotatable bonds is 2. The second kappa shape index (κ2) is 4.57. The molecule has 1 aliphatic rings. The van der Waals surface area contributed by atoms with Crippen LogP contribution in [0.4, 0.5) is 5.69 Å². The van der Waals surface area contributed by atoms with Crippen molar-refractivity contribution >= 4 is 17.6 Å². The van der Waals surface area contributed by atoms with Crippen LogP contribution in [0, 0.1) is 0 Å². The van der Waals surface area contributed by atoms with Gasteiger partial charge in [-0.15, -0.1) is 0 Å². The molecule has 0 saturated heterocycles. The molecule has 3 rings (SSSR count). The van der Waals surface area contributed by atoms with Gasteiger partial charge in [0, 0.05) is 11.1 Å². The van der Waals surface area contributed by atoms with Gasteiger partial charge in [0.25, 0.3) is 5.91 Å². The summed E-state index contributed by atoms with van der Waals surface area (Å²) in [5, 5.41) is 2.75. The van der Waals surface area contributed by atoms with E-state index in [1.807, 2.05) is 12.1 Å². The molecular formula is C15H11NO3. The molecule has 1 amide bonds. The van der Waals surface area contributed by atoms with E-state index in [2.05, 4.69) is 5.32 Å². The predicted octanol–water partition coefficient (Wildman–Crippen LogP) is 2.61. The lowest BCUT2D eigenvalue weighted by atomic mass is 10.1. The predicted molar refractivity (Wildman–Crippen MR) is 70.0 cm³/mol. The van der Waals surface area contributed by atoms with Crippen molar-refractivity contribution in [3.8, 4) is 0 Å². The molecule has 94 valence electrons. The lowest BCUT2D eigenvalue weighted by Gasteiger charge is -2.07. The number of amides is 1. The molecule has 1 aliphatic heterocycles. The van der Waals surface area contributed by atoms with Crippen molar-refractivity contribution in [2.24, 2.45) is 0 Å². The number of carbonyl (C=O) groups is 2. The van der Waals surface area contributed by atoms with Gasteiger partial charge in [-0.1, -0.05) is 30.3 Å². The van der Waals surface area contributed by atoms with E-state index in [1.165, 1.54) is 0 Å². The van der Waals surface area contributed by atoms with Gasteiger partial charge in [-0.25, -0.2) is 4.79 Å². The Kier molecular flexibility index (Phi) is 2.76. The average molecular weight is 253 g/mol. The Bertz CT molecular complexity index is 650. The lowest BCUT2D eigenvalue weighted by Crippen LogP contribution is -2.14. The number of benzene rings is 2. The Balaban J connectivity index is 1.91. The molecule has 0 radical (unpaired) electrons. The second-order valence-electron chi connectivity index (χ2n) is 4.24. The van der Waals surface area contributed by atoms with Crippen LogP contribution in [-0.2, 0) is 11.3 Å². The molecule has 0 spiro atoms. The number of fused-ring (bicyclic) bond motifs is 1. The monoisotopic (exact) mass is 253 g/mol. The van der Waals surface area contributed by atoms with Gasteiger partial charge < -0.3 is 10.1 Å². The molecule has 0 unspecified atom stereocenters. The lowest BCUT2D eigenvalue weighted by molar-refractivity contribution is 0.0536. The van der Waals surface area contributed by atoms with Gasteiger partial charge >= 0.3 is 5.97 Å². The molecule has 0 bridgehead atoms. The number of cyclic esters (lactones) is 1. The summed E-state index contributed by atoms with van der Waals surface area (Å²) in [4.78, 5) is 23.7. The van der Waals surface area contributed by atoms with Gasteiger partial charge in [0.15, 0.2) is 0 Å². The van der Waals surface area contributed by atoms with Crippen molar-refractivity contribution in [1.29, 1.82) is 0 Å². The summed E-state index contributed by atoms with van der Waals surface area (Å²) < 4.78 is 4.96. The first kappa shape index (κ1) is 11.5. The van der Waals surface area contributed by atoms with Crippen molar-refractivity contribution in [3.63, 3.8) is 0 Å². The van der Waals surface area contributed by atoms with E-state index in [9.17, 15) is 9.59 Å². The van der Waals surface area contributed by atoms with Gasteiger partial charge in [-0.2, -0.15) is 0 Å². The summed E-state index contributed by atoms with van der Waals surface area (Å²) in [6.45, 7) is 0.267. The van der Waals surface area contributed by atoms with Gasteiger partial charge in [0.2, 0.25) is 0 Å². The Morgan fingerprint density at radius 3 is 2.63 bits per heavy atom. The van der Waals surface area contributed by atoms with E-state index in [-0.39, 0.29) is 18.5 Å². The molecule has 19 heavy (non-hydrogen) atoms. The van der Waals surface area contributed by atoms with Crippen LogP contribution >= 0.6 is 0 Å². The Morgan fingerprint density at radius 2 is 1.84 bits per heavy atom. The minimum Gasteiger partial charge on any atom is -0.457 e. The van der Waals surface area contributed by atoms with Gasteiger partial charge in [0.05, 0.1) is 11.3 Å². The van der Waals surface area contributed by atoms with E-state index in [1.54, 1.807) is 36.4 Å². The molecule has 4 heteroatoms. The number of nitrogens with one attached hydrogen (secondary N) is 1. The highest BCUT2D eigenvalue weighted by atomic mass is 16.5. The molecule has 0 saturated carbocycles. The second-order valence-corrected chi connectivity index (χ2v) is 4.24. The molecular weight excluding hydrogens is 242 g/mol. The topological polar surface area (TPSA) is 55.4 Å². The third kappa shape index (κ3) is 2.08. The molecule has 1 heterocycles. The van der Waals surface area contributed by atoms with Gasteiger partial charge in [0.1, 0.15) is 6.61 Å². The van der Waals surface area contributed by atoms with Crippen LogP contribution in [-0.4, -0.2) is 11.9 Å². The maximum atomic E-state index is 12.1. The summed E-state index contributed by atoms with van der Waals surface area (Å²) in [6, 6.07) is 14.2. The smallest absolute Gasteiger partial charge is 0.341 e. The molecule has 2 aromatic rings. The fraction of sp³-hybridized carbons (Fsp3) is 0.0667. The van der Waals surface area contributed by atoms with Crippen molar-refractivity contribution in [2.45, 2.75) is 6.61 Å². The minimum atomic E-state index is -0.390. The highest BCUT2D eigenvalue weighted by Crippen LogP contribution is 2.27. The van der Waals surface area contributed by atoms with Crippen LogP contribution in [0.25, 0.3) is 0 Å². The zero-order chi connectivity index (χ0) is 13.2. The Labute approximate surface area is 110 Å². The largest absolute Gasteiger partial charge is 0.457 e. The van der Waals surface area contributed by atoms with Crippen molar-refractivity contribution in [3.05, 3.63) is 65.2 Å². The van der Waals surface area contributed by atoms with Crippen LogP contribution in [0.2, 0.25) is 0 Å². The zero-order valence-corrected chi connectivity index (χ0v) is 10.1. The van der Waals surface area contributed by atoms with Crippen LogP contribution in [0.1, 0.15) is 26.3 Å². The highest BCUT2D eigenvalue weighted by Gasteiger charge is 2.25. The summed E-state index contributed by atoms with van der Waals surface area (Å²) in [5.74, 6) is -0.632. The number of hydrogen-bond acceptors (Lipinski definition) is 3. The number of ether oxygens (including phenoxy) is 1. The fourth-order valence-corrected chi connectivity index (χ4v) is 2.07. The minimum absolute atomic E-state index is 0.242. The van der Waals surface area contributed by atoms with E-state index in [0.29, 0.717) is 16.8 Å². The number of anilines is 1. The number of hydrogen-bond donors (Lipinski definition) is 1. The molecule has 4 nitrogen and oxygen atoms in total. The Morgan fingerprint density at radius 1 is 1.05 bits per heavy atom. The normalized spacial score (nSPS) is 12.7. The van der Waals surface area contributed by atoms with E-state index >= 15 is 0 Å². The molecule has 0 fully saturated rings. The summed E-state index contributed by atoms with van der Waals surface area (Å²) in [7, 11) is 0. The molecule has 1 N–H and O–H groups in total. The molecule has 0 aliphatic carbocycles. The fourth-order valence-electron chi connectivity index (χ4n) is 2.07. The van der Waals surface area contributed by atoms with Crippen molar-refractivity contribution < 1.29 is 14.3 Å². The van der Waals surface area contributed by atoms with Gasteiger partial charge in [-0.05, 0) is 18.2 Å². The summed E-state index contributed by atoms with van der Waals surface area (Å²) in [6.07, 6.45) is 0. The zero-order valence-electron chi connectivity index (χ0n) is 10.1. The average Bonchev–Trinajstić information content (AvgIpc) is 2.83.